The summed E-state index contributed by atoms with van der Waals surface area (Å²) in [6, 6.07) is 12.8. The second kappa shape index (κ2) is 9.98. The lowest BCUT2D eigenvalue weighted by Crippen LogP contribution is -2.76. The summed E-state index contributed by atoms with van der Waals surface area (Å²) in [6.07, 6.45) is -5.19. The van der Waals surface area contributed by atoms with Crippen LogP contribution in [0.15, 0.2) is 53.4 Å². The summed E-state index contributed by atoms with van der Waals surface area (Å²) in [5.41, 5.74) is 12.0. The molecule has 0 saturated heterocycles. The van der Waals surface area contributed by atoms with Crippen molar-refractivity contribution in [2.75, 3.05) is 4.72 Å². The molecule has 0 aliphatic carbocycles. The highest BCUT2D eigenvalue weighted by Crippen LogP contribution is 2.18. The highest BCUT2D eigenvalue weighted by Gasteiger charge is 2.28. The monoisotopic (exact) mass is 452 g/mol. The van der Waals surface area contributed by atoms with Crippen LogP contribution in [0.5, 0.6) is 0 Å². The maximum absolute atomic E-state index is 12.2. The number of hydrogen-bond acceptors (Lipinski definition) is 4. The molecule has 2 aromatic rings. The molecule has 0 aromatic heterocycles. The summed E-state index contributed by atoms with van der Waals surface area (Å²) < 4.78 is 58.5. The van der Waals surface area contributed by atoms with Gasteiger partial charge in [0.05, 0.1) is 11.4 Å². The van der Waals surface area contributed by atoms with Crippen molar-refractivity contribution in [2.45, 2.75) is 17.6 Å². The van der Waals surface area contributed by atoms with Gasteiger partial charge in [0.1, 0.15) is 5.97 Å². The number of rotatable bonds is 5. The SMILES string of the molecule is NC(N)=[NH+]Cc1ccc(NS(=O)(=O)c2ccc(Cl)cc2)cc1.O=C([O-])C(F)(F)F. The zero-order chi connectivity index (χ0) is 22.2. The Morgan fingerprint density at radius 1 is 1.07 bits per heavy atom. The van der Waals surface area contributed by atoms with Crippen molar-refractivity contribution in [1.82, 2.24) is 0 Å². The van der Waals surface area contributed by atoms with Gasteiger partial charge in [-0.15, -0.1) is 0 Å². The van der Waals surface area contributed by atoms with Crippen molar-refractivity contribution in [3.8, 4) is 0 Å². The summed E-state index contributed by atoms with van der Waals surface area (Å²) in [6.45, 7) is 0.465. The molecule has 2 aromatic carbocycles. The Morgan fingerprint density at radius 3 is 1.97 bits per heavy atom. The number of nitrogens with two attached hydrogens (primary N) is 2. The van der Waals surface area contributed by atoms with Gasteiger partial charge in [-0.2, -0.15) is 13.2 Å². The lowest BCUT2D eigenvalue weighted by Gasteiger charge is -2.08. The summed E-state index contributed by atoms with van der Waals surface area (Å²) in [5, 5.41) is 9.26. The van der Waals surface area contributed by atoms with Crippen LogP contribution < -0.4 is 26.3 Å². The molecule has 0 saturated carbocycles. The van der Waals surface area contributed by atoms with Crippen LogP contribution in [-0.4, -0.2) is 26.5 Å². The van der Waals surface area contributed by atoms with Crippen molar-refractivity contribution in [1.29, 1.82) is 0 Å². The molecule has 6 N–H and O–H groups in total. The number of carbonyl (C=O) groups is 1. The van der Waals surface area contributed by atoms with Crippen molar-refractivity contribution in [3.63, 3.8) is 0 Å². The molecule has 158 valence electrons. The highest BCUT2D eigenvalue weighted by molar-refractivity contribution is 7.92. The Kier molecular flexibility index (Phi) is 8.28. The first-order chi connectivity index (χ1) is 13.3. The zero-order valence-electron chi connectivity index (χ0n) is 14.5. The zero-order valence-corrected chi connectivity index (χ0v) is 16.1. The van der Waals surface area contributed by atoms with Crippen LogP contribution in [-0.2, 0) is 21.4 Å². The number of sulfonamides is 1. The predicted molar refractivity (Wildman–Crippen MR) is 97.8 cm³/mol. The van der Waals surface area contributed by atoms with Crippen LogP contribution in [0.1, 0.15) is 5.56 Å². The van der Waals surface area contributed by atoms with Gasteiger partial charge >= 0.3 is 12.1 Å². The number of carbonyl (C=O) groups excluding carboxylic acids is 1. The number of alkyl halides is 3. The Labute approximate surface area is 169 Å². The van der Waals surface area contributed by atoms with Crippen LogP contribution >= 0.6 is 11.6 Å². The smallest absolute Gasteiger partial charge is 0.430 e. The first-order valence-electron chi connectivity index (χ1n) is 7.58. The molecule has 0 spiro atoms. The largest absolute Gasteiger partial charge is 0.542 e. The van der Waals surface area contributed by atoms with Crippen molar-refractivity contribution >= 4 is 39.2 Å². The van der Waals surface area contributed by atoms with E-state index in [1.54, 1.807) is 24.3 Å². The van der Waals surface area contributed by atoms with Gasteiger partial charge in [0.15, 0.2) is 0 Å². The third-order valence-corrected chi connectivity index (χ3v) is 4.71. The van der Waals surface area contributed by atoms with Crippen molar-refractivity contribution < 1.29 is 36.5 Å². The van der Waals surface area contributed by atoms with Crippen LogP contribution in [0.2, 0.25) is 5.02 Å². The van der Waals surface area contributed by atoms with Crippen LogP contribution in [0.25, 0.3) is 0 Å². The first kappa shape index (κ1) is 24.0. The van der Waals surface area contributed by atoms with E-state index < -0.39 is 22.2 Å². The van der Waals surface area contributed by atoms with Gasteiger partial charge < -0.3 is 9.90 Å². The van der Waals surface area contributed by atoms with Crippen LogP contribution in [0.4, 0.5) is 18.9 Å². The molecule has 0 aliphatic rings. The first-order valence-corrected chi connectivity index (χ1v) is 9.44. The predicted octanol–water partition coefficient (Wildman–Crippen LogP) is -0.707. The number of anilines is 1. The van der Waals surface area contributed by atoms with E-state index >= 15 is 0 Å². The average molecular weight is 453 g/mol. The summed E-state index contributed by atoms with van der Waals surface area (Å²) >= 11 is 5.75. The molecule has 2 rings (SSSR count). The molecule has 0 unspecified atom stereocenters. The van der Waals surface area contributed by atoms with E-state index in [0.29, 0.717) is 17.3 Å². The lowest BCUT2D eigenvalue weighted by atomic mass is 10.2. The third-order valence-electron chi connectivity index (χ3n) is 3.06. The minimum Gasteiger partial charge on any atom is -0.542 e. The summed E-state index contributed by atoms with van der Waals surface area (Å²) in [5.74, 6) is -2.87. The van der Waals surface area contributed by atoms with E-state index in [1.807, 2.05) is 0 Å². The third kappa shape index (κ3) is 8.70. The number of benzene rings is 2. The molecule has 0 bridgehead atoms. The Hall–Kier alpha value is -2.99. The number of guanidine groups is 1. The Morgan fingerprint density at radius 2 is 1.55 bits per heavy atom. The molecule has 29 heavy (non-hydrogen) atoms. The average Bonchev–Trinajstić information content (AvgIpc) is 2.61. The van der Waals surface area contributed by atoms with E-state index in [-0.39, 0.29) is 10.9 Å². The van der Waals surface area contributed by atoms with E-state index in [4.69, 9.17) is 33.0 Å². The molecule has 0 radical (unpaired) electrons. The fraction of sp³-hybridized carbons (Fsp3) is 0.125. The number of aliphatic carboxylic acids is 1. The van der Waals surface area contributed by atoms with Crippen molar-refractivity contribution in [2.24, 2.45) is 11.5 Å². The van der Waals surface area contributed by atoms with E-state index in [9.17, 15) is 21.6 Å². The fourth-order valence-electron chi connectivity index (χ4n) is 1.72. The topological polar surface area (TPSA) is 152 Å². The lowest BCUT2D eigenvalue weighted by molar-refractivity contribution is -0.477. The summed E-state index contributed by atoms with van der Waals surface area (Å²) in [4.78, 5) is 11.7. The Bertz CT molecular complexity index is 959. The van der Waals surface area contributed by atoms with Gasteiger partial charge in [-0.3, -0.25) is 21.2 Å². The molecule has 0 atom stereocenters. The van der Waals surface area contributed by atoms with Gasteiger partial charge in [0.25, 0.3) is 10.0 Å². The maximum Gasteiger partial charge on any atom is 0.430 e. The molecule has 13 heteroatoms. The maximum atomic E-state index is 12.2. The molecule has 0 aliphatic heterocycles. The molecular weight excluding hydrogens is 437 g/mol. The number of carboxylic acid groups (broad SMARTS) is 1. The van der Waals surface area contributed by atoms with Gasteiger partial charge in [0.2, 0.25) is 0 Å². The van der Waals surface area contributed by atoms with Crippen LogP contribution in [0, 0.1) is 0 Å². The fourth-order valence-corrected chi connectivity index (χ4v) is 2.91. The van der Waals surface area contributed by atoms with Gasteiger partial charge in [-0.25, -0.2) is 8.42 Å². The molecule has 0 amide bonds. The summed E-state index contributed by atoms with van der Waals surface area (Å²) in [7, 11) is -3.64. The standard InChI is InChI=1S/C14H15ClN4O2S.C2HF3O2/c15-11-3-7-13(8-4-11)22(20,21)19-12-5-1-10(2-6-12)9-18-14(16)17;3-2(4,5)1(6)7/h1-8,19H,9H2,(H4,16,17,18);(H,6,7). The van der Waals surface area contributed by atoms with E-state index in [1.165, 1.54) is 24.3 Å². The van der Waals surface area contributed by atoms with Crippen molar-refractivity contribution in [3.05, 3.63) is 59.1 Å². The normalized spacial score (nSPS) is 11.0. The minimum atomic E-state index is -5.19. The second-order valence-corrected chi connectivity index (χ2v) is 7.47. The quantitative estimate of drug-likeness (QED) is 0.347. The second-order valence-electron chi connectivity index (χ2n) is 5.35. The number of halogens is 4. The molecular formula is C16H16ClF3N4O4S. The van der Waals surface area contributed by atoms with E-state index in [0.717, 1.165) is 5.56 Å². The van der Waals surface area contributed by atoms with E-state index in [2.05, 4.69) is 9.71 Å². The molecule has 8 nitrogen and oxygen atoms in total. The number of hydrogen-bond donors (Lipinski definition) is 4. The minimum absolute atomic E-state index is 0.132. The van der Waals surface area contributed by atoms with Gasteiger partial charge in [-0.05, 0) is 42.0 Å². The van der Waals surface area contributed by atoms with Crippen LogP contribution in [0.3, 0.4) is 0 Å². The highest BCUT2D eigenvalue weighted by atomic mass is 35.5. The van der Waals surface area contributed by atoms with Gasteiger partial charge in [0, 0.05) is 10.7 Å². The number of nitrogens with one attached hydrogen (secondary N) is 2. The Balaban J connectivity index is 0.000000516. The van der Waals surface area contributed by atoms with Gasteiger partial charge in [-0.1, -0.05) is 23.7 Å². The molecule has 0 heterocycles. The molecule has 0 fully saturated rings. The number of carboxylic acids is 1.